The molecule has 2 N–H and O–H groups in total. The van der Waals surface area contributed by atoms with Crippen molar-refractivity contribution in [1.82, 2.24) is 4.57 Å². The van der Waals surface area contributed by atoms with Gasteiger partial charge in [0.15, 0.2) is 5.43 Å². The molecule has 0 aliphatic rings. The van der Waals surface area contributed by atoms with Crippen molar-refractivity contribution in [2.75, 3.05) is 6.54 Å². The van der Waals surface area contributed by atoms with Gasteiger partial charge in [-0.2, -0.15) is 0 Å². The molecule has 3 heteroatoms. The summed E-state index contributed by atoms with van der Waals surface area (Å²) < 4.78 is 2.13. The fourth-order valence-electron chi connectivity index (χ4n) is 1.98. The third kappa shape index (κ3) is 2.62. The summed E-state index contributed by atoms with van der Waals surface area (Å²) in [5.41, 5.74) is 6.96. The molecule has 0 spiro atoms. The van der Waals surface area contributed by atoms with Gasteiger partial charge in [-0.05, 0) is 30.5 Å². The Morgan fingerprint density at radius 2 is 1.94 bits per heavy atom. The summed E-state index contributed by atoms with van der Waals surface area (Å²) in [6.45, 7) is 5.88. The van der Waals surface area contributed by atoms with E-state index in [1.54, 1.807) is 6.07 Å². The van der Waals surface area contributed by atoms with E-state index in [0.717, 1.165) is 23.9 Å². The summed E-state index contributed by atoms with van der Waals surface area (Å²) in [7, 11) is 0. The van der Waals surface area contributed by atoms with Gasteiger partial charge >= 0.3 is 0 Å². The zero-order chi connectivity index (χ0) is 13.2. The minimum Gasteiger partial charge on any atom is -0.347 e. The van der Waals surface area contributed by atoms with Crippen molar-refractivity contribution in [3.8, 4) is 0 Å². The van der Waals surface area contributed by atoms with E-state index in [-0.39, 0.29) is 10.8 Å². The first-order valence-corrected chi connectivity index (χ1v) is 6.32. The van der Waals surface area contributed by atoms with Crippen LogP contribution in [-0.4, -0.2) is 11.1 Å². The SMILES string of the molecule is CC(C)(CN)CCn1ccc(=O)c2ccccc21. The number of rotatable bonds is 4. The quantitative estimate of drug-likeness (QED) is 0.897. The molecule has 0 saturated carbocycles. The zero-order valence-corrected chi connectivity index (χ0v) is 11.0. The maximum Gasteiger partial charge on any atom is 0.189 e. The van der Waals surface area contributed by atoms with Crippen LogP contribution < -0.4 is 11.2 Å². The zero-order valence-electron chi connectivity index (χ0n) is 11.0. The molecule has 2 rings (SSSR count). The highest BCUT2D eigenvalue weighted by Crippen LogP contribution is 2.20. The van der Waals surface area contributed by atoms with Crippen molar-refractivity contribution in [3.05, 3.63) is 46.8 Å². The van der Waals surface area contributed by atoms with Crippen molar-refractivity contribution in [3.63, 3.8) is 0 Å². The van der Waals surface area contributed by atoms with E-state index in [9.17, 15) is 4.79 Å². The summed E-state index contributed by atoms with van der Waals surface area (Å²) in [5, 5.41) is 0.783. The summed E-state index contributed by atoms with van der Waals surface area (Å²) in [6, 6.07) is 9.37. The molecule has 1 aromatic carbocycles. The number of aromatic nitrogens is 1. The second-order valence-electron chi connectivity index (χ2n) is 5.51. The van der Waals surface area contributed by atoms with Crippen LogP contribution in [0.2, 0.25) is 0 Å². The molecule has 0 fully saturated rings. The lowest BCUT2D eigenvalue weighted by molar-refractivity contribution is 0.326. The minimum atomic E-state index is 0.0833. The molecule has 18 heavy (non-hydrogen) atoms. The number of nitrogens with zero attached hydrogens (tertiary/aromatic N) is 1. The van der Waals surface area contributed by atoms with Crippen molar-refractivity contribution in [2.24, 2.45) is 11.1 Å². The number of pyridine rings is 1. The molecule has 0 aliphatic carbocycles. The van der Waals surface area contributed by atoms with Crippen LogP contribution in [0.4, 0.5) is 0 Å². The van der Waals surface area contributed by atoms with Crippen LogP contribution in [0.5, 0.6) is 0 Å². The van der Waals surface area contributed by atoms with Crippen LogP contribution >= 0.6 is 0 Å². The fourth-order valence-corrected chi connectivity index (χ4v) is 1.98. The van der Waals surface area contributed by atoms with E-state index in [1.165, 1.54) is 0 Å². The summed E-state index contributed by atoms with van der Waals surface area (Å²) in [6.07, 6.45) is 2.87. The van der Waals surface area contributed by atoms with Gasteiger partial charge in [-0.15, -0.1) is 0 Å². The lowest BCUT2D eigenvalue weighted by atomic mass is 9.89. The number of fused-ring (bicyclic) bond motifs is 1. The first-order valence-electron chi connectivity index (χ1n) is 6.32. The second kappa shape index (κ2) is 4.94. The molecule has 0 bridgehead atoms. The molecule has 0 atom stereocenters. The standard InChI is InChI=1S/C15H20N2O/c1-15(2,11-16)8-10-17-9-7-14(18)12-5-3-4-6-13(12)17/h3-7,9H,8,10-11,16H2,1-2H3. The second-order valence-corrected chi connectivity index (χ2v) is 5.51. The van der Waals surface area contributed by atoms with Gasteiger partial charge in [0.1, 0.15) is 0 Å². The van der Waals surface area contributed by atoms with Gasteiger partial charge in [0.2, 0.25) is 0 Å². The van der Waals surface area contributed by atoms with E-state index < -0.39 is 0 Å². The van der Waals surface area contributed by atoms with Crippen molar-refractivity contribution in [2.45, 2.75) is 26.8 Å². The molecule has 2 aromatic rings. The van der Waals surface area contributed by atoms with E-state index in [1.807, 2.05) is 30.5 Å². The van der Waals surface area contributed by atoms with E-state index >= 15 is 0 Å². The van der Waals surface area contributed by atoms with Crippen LogP contribution in [-0.2, 0) is 6.54 Å². The molecule has 0 saturated heterocycles. The van der Waals surface area contributed by atoms with Crippen LogP contribution in [0.1, 0.15) is 20.3 Å². The van der Waals surface area contributed by atoms with Crippen LogP contribution in [0, 0.1) is 5.41 Å². The predicted molar refractivity (Wildman–Crippen MR) is 75.7 cm³/mol. The number of para-hydroxylation sites is 1. The van der Waals surface area contributed by atoms with E-state index in [2.05, 4.69) is 18.4 Å². The Balaban J connectivity index is 2.35. The Morgan fingerprint density at radius 3 is 2.67 bits per heavy atom. The Morgan fingerprint density at radius 1 is 1.22 bits per heavy atom. The van der Waals surface area contributed by atoms with Crippen molar-refractivity contribution in [1.29, 1.82) is 0 Å². The Labute approximate surface area is 107 Å². The largest absolute Gasteiger partial charge is 0.347 e. The first-order chi connectivity index (χ1) is 8.53. The van der Waals surface area contributed by atoms with Crippen LogP contribution in [0.25, 0.3) is 10.9 Å². The Kier molecular flexibility index (Phi) is 3.53. The molecule has 3 nitrogen and oxygen atoms in total. The fraction of sp³-hybridized carbons (Fsp3) is 0.400. The average Bonchev–Trinajstić information content (AvgIpc) is 2.38. The number of benzene rings is 1. The number of nitrogens with two attached hydrogens (primary N) is 1. The number of aryl methyl sites for hydroxylation is 1. The van der Waals surface area contributed by atoms with Crippen LogP contribution in [0.15, 0.2) is 41.3 Å². The third-order valence-corrected chi connectivity index (χ3v) is 3.47. The highest BCUT2D eigenvalue weighted by Gasteiger charge is 2.15. The molecule has 0 unspecified atom stereocenters. The molecule has 0 radical (unpaired) electrons. The topological polar surface area (TPSA) is 48.0 Å². The van der Waals surface area contributed by atoms with Gasteiger partial charge < -0.3 is 10.3 Å². The first kappa shape index (κ1) is 12.8. The molecule has 96 valence electrons. The van der Waals surface area contributed by atoms with E-state index in [4.69, 9.17) is 5.73 Å². The van der Waals surface area contributed by atoms with Gasteiger partial charge in [0.25, 0.3) is 0 Å². The smallest absolute Gasteiger partial charge is 0.189 e. The third-order valence-electron chi connectivity index (χ3n) is 3.47. The Hall–Kier alpha value is -1.61. The average molecular weight is 244 g/mol. The van der Waals surface area contributed by atoms with Gasteiger partial charge in [0.05, 0.1) is 5.52 Å². The molecule has 0 aliphatic heterocycles. The van der Waals surface area contributed by atoms with Crippen molar-refractivity contribution < 1.29 is 0 Å². The summed E-state index contributed by atoms with van der Waals surface area (Å²) in [5.74, 6) is 0. The van der Waals surface area contributed by atoms with Gasteiger partial charge in [-0.25, -0.2) is 0 Å². The Bertz CT molecular complexity index is 599. The summed E-state index contributed by atoms with van der Waals surface area (Å²) >= 11 is 0. The van der Waals surface area contributed by atoms with Crippen LogP contribution in [0.3, 0.4) is 0 Å². The molecule has 1 aromatic heterocycles. The molecular weight excluding hydrogens is 224 g/mol. The predicted octanol–water partition coefficient (Wildman–Crippen LogP) is 2.38. The highest BCUT2D eigenvalue weighted by molar-refractivity contribution is 5.78. The van der Waals surface area contributed by atoms with E-state index in [0.29, 0.717) is 6.54 Å². The maximum atomic E-state index is 11.8. The number of hydrogen-bond acceptors (Lipinski definition) is 2. The van der Waals surface area contributed by atoms with Crippen molar-refractivity contribution >= 4 is 10.9 Å². The van der Waals surface area contributed by atoms with Gasteiger partial charge in [-0.1, -0.05) is 26.0 Å². The maximum absolute atomic E-state index is 11.8. The molecule has 0 amide bonds. The monoisotopic (exact) mass is 244 g/mol. The lowest BCUT2D eigenvalue weighted by Crippen LogP contribution is -2.25. The normalized spacial score (nSPS) is 11.9. The lowest BCUT2D eigenvalue weighted by Gasteiger charge is -2.23. The minimum absolute atomic E-state index is 0.0833. The van der Waals surface area contributed by atoms with Gasteiger partial charge in [0, 0.05) is 24.2 Å². The highest BCUT2D eigenvalue weighted by atomic mass is 16.1. The van der Waals surface area contributed by atoms with Gasteiger partial charge in [-0.3, -0.25) is 4.79 Å². The summed E-state index contributed by atoms with van der Waals surface area (Å²) in [4.78, 5) is 11.8. The molecular formula is C15H20N2O. The molecule has 1 heterocycles. The number of hydrogen-bond donors (Lipinski definition) is 1.